The number of carbonyl (C=O) groups is 1. The van der Waals surface area contributed by atoms with E-state index in [4.69, 9.17) is 16.3 Å². The Morgan fingerprint density at radius 2 is 2.24 bits per heavy atom. The number of halogens is 2. The van der Waals surface area contributed by atoms with Crippen molar-refractivity contribution in [3.63, 3.8) is 0 Å². The minimum atomic E-state index is -0.425. The second kappa shape index (κ2) is 5.15. The molecule has 1 aliphatic heterocycles. The van der Waals surface area contributed by atoms with Crippen molar-refractivity contribution >= 4 is 17.4 Å². The van der Waals surface area contributed by atoms with Gasteiger partial charge in [0.2, 0.25) is 0 Å². The summed E-state index contributed by atoms with van der Waals surface area (Å²) in [6, 6.07) is 2.69. The first-order valence-electron chi connectivity index (χ1n) is 5.71. The van der Waals surface area contributed by atoms with Crippen LogP contribution in [0.2, 0.25) is 5.02 Å². The Labute approximate surface area is 105 Å². The standard InChI is InChI=1S/C13H14ClFO2/c1-8-6-9(10(14)7-11(8)15)13(16)12-4-2-3-5-17-12/h6-7,12H,2-5H2,1H3. The van der Waals surface area contributed by atoms with E-state index in [-0.39, 0.29) is 10.8 Å². The molecule has 4 heteroatoms. The molecular formula is C13H14ClFO2. The van der Waals surface area contributed by atoms with E-state index in [9.17, 15) is 9.18 Å². The highest BCUT2D eigenvalue weighted by Crippen LogP contribution is 2.25. The van der Waals surface area contributed by atoms with Crippen molar-refractivity contribution in [2.75, 3.05) is 6.61 Å². The average molecular weight is 257 g/mol. The fourth-order valence-corrected chi connectivity index (χ4v) is 2.21. The van der Waals surface area contributed by atoms with Gasteiger partial charge in [-0.15, -0.1) is 0 Å². The lowest BCUT2D eigenvalue weighted by Gasteiger charge is -2.21. The van der Waals surface area contributed by atoms with Crippen LogP contribution in [0.3, 0.4) is 0 Å². The summed E-state index contributed by atoms with van der Waals surface area (Å²) >= 11 is 5.90. The topological polar surface area (TPSA) is 26.3 Å². The summed E-state index contributed by atoms with van der Waals surface area (Å²) in [7, 11) is 0. The number of rotatable bonds is 2. The Morgan fingerprint density at radius 1 is 1.47 bits per heavy atom. The van der Waals surface area contributed by atoms with Crippen LogP contribution in [0, 0.1) is 12.7 Å². The summed E-state index contributed by atoms with van der Waals surface area (Å²) in [4.78, 5) is 12.2. The van der Waals surface area contributed by atoms with Gasteiger partial charge in [0, 0.05) is 12.2 Å². The summed E-state index contributed by atoms with van der Waals surface area (Å²) in [6.07, 6.45) is 2.26. The Hall–Kier alpha value is -0.930. The maximum absolute atomic E-state index is 13.2. The highest BCUT2D eigenvalue weighted by Gasteiger charge is 2.25. The Balaban J connectivity index is 2.26. The predicted molar refractivity (Wildman–Crippen MR) is 64.1 cm³/mol. The van der Waals surface area contributed by atoms with Crippen LogP contribution in [-0.2, 0) is 4.74 Å². The molecule has 1 aromatic rings. The van der Waals surface area contributed by atoms with Crippen molar-refractivity contribution < 1.29 is 13.9 Å². The predicted octanol–water partition coefficient (Wildman–Crippen LogP) is 3.54. The van der Waals surface area contributed by atoms with E-state index >= 15 is 0 Å². The molecule has 2 rings (SSSR count). The van der Waals surface area contributed by atoms with Crippen molar-refractivity contribution in [1.82, 2.24) is 0 Å². The largest absolute Gasteiger partial charge is 0.370 e. The van der Waals surface area contributed by atoms with Crippen molar-refractivity contribution in [2.45, 2.75) is 32.3 Å². The molecule has 1 aliphatic rings. The zero-order valence-electron chi connectivity index (χ0n) is 9.63. The van der Waals surface area contributed by atoms with Gasteiger partial charge in [-0.1, -0.05) is 11.6 Å². The first kappa shape index (κ1) is 12.5. The average Bonchev–Trinajstić information content (AvgIpc) is 2.34. The molecule has 1 heterocycles. The quantitative estimate of drug-likeness (QED) is 0.757. The second-order valence-corrected chi connectivity index (χ2v) is 4.71. The first-order valence-corrected chi connectivity index (χ1v) is 6.09. The van der Waals surface area contributed by atoms with Crippen LogP contribution >= 0.6 is 11.6 Å². The van der Waals surface area contributed by atoms with Crippen LogP contribution in [0.15, 0.2) is 12.1 Å². The van der Waals surface area contributed by atoms with Gasteiger partial charge in [-0.25, -0.2) is 4.39 Å². The van der Waals surface area contributed by atoms with E-state index in [0.29, 0.717) is 24.2 Å². The SMILES string of the molecule is Cc1cc(C(=O)C2CCCCO2)c(Cl)cc1F. The molecule has 1 aromatic carbocycles. The smallest absolute Gasteiger partial charge is 0.193 e. The van der Waals surface area contributed by atoms with Gasteiger partial charge < -0.3 is 4.74 Å². The number of aryl methyl sites for hydroxylation is 1. The molecule has 17 heavy (non-hydrogen) atoms. The van der Waals surface area contributed by atoms with Crippen LogP contribution in [-0.4, -0.2) is 18.5 Å². The van der Waals surface area contributed by atoms with E-state index in [1.807, 2.05) is 0 Å². The van der Waals surface area contributed by atoms with Crippen LogP contribution in [0.4, 0.5) is 4.39 Å². The Morgan fingerprint density at radius 3 is 2.88 bits per heavy atom. The number of Topliss-reactive ketones (excluding diaryl/α,β-unsaturated/α-hetero) is 1. The van der Waals surface area contributed by atoms with E-state index < -0.39 is 11.9 Å². The number of ether oxygens (including phenoxy) is 1. The van der Waals surface area contributed by atoms with E-state index in [1.54, 1.807) is 6.92 Å². The molecule has 0 bridgehead atoms. The maximum Gasteiger partial charge on any atom is 0.193 e. The number of carbonyl (C=O) groups excluding carboxylic acids is 1. The van der Waals surface area contributed by atoms with Crippen molar-refractivity contribution in [1.29, 1.82) is 0 Å². The van der Waals surface area contributed by atoms with Gasteiger partial charge in [-0.05, 0) is 43.9 Å². The molecule has 0 saturated carbocycles. The third-order valence-corrected chi connectivity index (χ3v) is 3.30. The first-order chi connectivity index (χ1) is 8.09. The lowest BCUT2D eigenvalue weighted by atomic mass is 9.98. The molecule has 0 amide bonds. The maximum atomic E-state index is 13.2. The Bertz CT molecular complexity index is 439. The highest BCUT2D eigenvalue weighted by atomic mass is 35.5. The summed E-state index contributed by atoms with van der Waals surface area (Å²) in [5, 5.41) is 0.160. The van der Waals surface area contributed by atoms with Gasteiger partial charge in [0.05, 0.1) is 5.02 Å². The number of benzene rings is 1. The zero-order chi connectivity index (χ0) is 12.4. The third-order valence-electron chi connectivity index (χ3n) is 2.99. The van der Waals surface area contributed by atoms with Crippen molar-refractivity contribution in [3.05, 3.63) is 34.1 Å². The van der Waals surface area contributed by atoms with Gasteiger partial charge in [0.15, 0.2) is 5.78 Å². The molecule has 0 spiro atoms. The zero-order valence-corrected chi connectivity index (χ0v) is 10.4. The van der Waals surface area contributed by atoms with Gasteiger partial charge in [-0.2, -0.15) is 0 Å². The molecule has 92 valence electrons. The molecule has 1 fully saturated rings. The Kier molecular flexibility index (Phi) is 3.79. The normalized spacial score (nSPS) is 20.3. The lowest BCUT2D eigenvalue weighted by Crippen LogP contribution is -2.28. The minimum absolute atomic E-state index is 0.141. The summed E-state index contributed by atoms with van der Waals surface area (Å²) in [5.41, 5.74) is 0.783. The second-order valence-electron chi connectivity index (χ2n) is 4.30. The molecule has 0 N–H and O–H groups in total. The third kappa shape index (κ3) is 2.67. The minimum Gasteiger partial charge on any atom is -0.370 e. The van der Waals surface area contributed by atoms with Gasteiger partial charge in [-0.3, -0.25) is 4.79 Å². The fourth-order valence-electron chi connectivity index (χ4n) is 1.97. The highest BCUT2D eigenvalue weighted by molar-refractivity contribution is 6.34. The monoisotopic (exact) mass is 256 g/mol. The molecule has 0 aliphatic carbocycles. The van der Waals surface area contributed by atoms with E-state index in [2.05, 4.69) is 0 Å². The van der Waals surface area contributed by atoms with E-state index in [1.165, 1.54) is 12.1 Å². The summed E-state index contributed by atoms with van der Waals surface area (Å²) in [5.74, 6) is -0.533. The van der Waals surface area contributed by atoms with Gasteiger partial charge in [0.1, 0.15) is 11.9 Å². The van der Waals surface area contributed by atoms with Crippen LogP contribution in [0.25, 0.3) is 0 Å². The van der Waals surface area contributed by atoms with Crippen LogP contribution in [0.1, 0.15) is 35.2 Å². The van der Waals surface area contributed by atoms with Crippen LogP contribution < -0.4 is 0 Å². The molecule has 0 aromatic heterocycles. The lowest BCUT2D eigenvalue weighted by molar-refractivity contribution is 0.0186. The van der Waals surface area contributed by atoms with E-state index in [0.717, 1.165) is 12.8 Å². The molecule has 1 atom stereocenters. The van der Waals surface area contributed by atoms with Gasteiger partial charge >= 0.3 is 0 Å². The fraction of sp³-hybridized carbons (Fsp3) is 0.462. The molecular weight excluding hydrogens is 243 g/mol. The molecule has 1 saturated heterocycles. The summed E-state index contributed by atoms with van der Waals surface area (Å²) in [6.45, 7) is 2.22. The molecule has 2 nitrogen and oxygen atoms in total. The van der Waals surface area contributed by atoms with Crippen molar-refractivity contribution in [3.8, 4) is 0 Å². The number of ketones is 1. The number of hydrogen-bond acceptors (Lipinski definition) is 2. The van der Waals surface area contributed by atoms with Crippen molar-refractivity contribution in [2.24, 2.45) is 0 Å². The van der Waals surface area contributed by atoms with Crippen LogP contribution in [0.5, 0.6) is 0 Å². The summed E-state index contributed by atoms with van der Waals surface area (Å²) < 4.78 is 18.7. The molecule has 1 unspecified atom stereocenters. The number of hydrogen-bond donors (Lipinski definition) is 0. The van der Waals surface area contributed by atoms with Gasteiger partial charge in [0.25, 0.3) is 0 Å². The molecule has 0 radical (unpaired) electrons.